The van der Waals surface area contributed by atoms with Gasteiger partial charge in [-0.25, -0.2) is 14.8 Å². The molecule has 0 saturated carbocycles. The number of esters is 1. The average Bonchev–Trinajstić information content (AvgIpc) is 3.38. The summed E-state index contributed by atoms with van der Waals surface area (Å²) in [5.74, 6) is 0.207. The van der Waals surface area contributed by atoms with Crippen LogP contribution in [0, 0.1) is 6.08 Å². The number of hydrogen-bond donors (Lipinski definition) is 0. The molecular weight excluding hydrogens is 466 g/mol. The van der Waals surface area contributed by atoms with Crippen molar-refractivity contribution >= 4 is 46.6 Å². The molecule has 0 aliphatic carbocycles. The number of rotatable bonds is 5. The number of benzene rings is 1. The lowest BCUT2D eigenvalue weighted by atomic mass is 9.85. The largest absolute Gasteiger partial charge is 0.445 e. The van der Waals surface area contributed by atoms with Crippen LogP contribution in [0.1, 0.15) is 17.5 Å². The summed E-state index contributed by atoms with van der Waals surface area (Å²) >= 11 is 9.08. The number of carbonyl (C=O) groups excluding carboxylic acids is 1. The molecule has 163 valence electrons. The number of cyclic esters (lactones) is 1. The summed E-state index contributed by atoms with van der Waals surface area (Å²) in [6.07, 6.45) is 7.13. The number of halogens is 1. The Morgan fingerprint density at radius 2 is 1.91 bits per heavy atom. The Labute approximate surface area is 199 Å². The molecule has 32 heavy (non-hydrogen) atoms. The SMILES string of the molecule is O=C1OC(c2cnc(N3CCOCC3)nc2)(c2ccsc2)C[C]=C1Sc1ccccc1Cl. The highest BCUT2D eigenvalue weighted by molar-refractivity contribution is 8.04. The van der Waals surface area contributed by atoms with Crippen LogP contribution in [-0.2, 0) is 19.9 Å². The fraction of sp³-hybridized carbons (Fsp3) is 0.261. The van der Waals surface area contributed by atoms with Gasteiger partial charge in [-0.05, 0) is 35.0 Å². The monoisotopic (exact) mass is 484 g/mol. The van der Waals surface area contributed by atoms with Crippen molar-refractivity contribution in [1.29, 1.82) is 0 Å². The van der Waals surface area contributed by atoms with Crippen molar-refractivity contribution in [1.82, 2.24) is 9.97 Å². The number of anilines is 1. The standard InChI is InChI=1S/C23H19ClN3O3S2/c24-18-3-1-2-4-19(18)32-20-5-7-23(30-21(20)28,16-6-12-31-15-16)17-13-25-22(26-14-17)27-8-10-29-11-9-27/h1-4,6,12-15H,7-11H2. The van der Waals surface area contributed by atoms with Crippen LogP contribution in [0.5, 0.6) is 0 Å². The van der Waals surface area contributed by atoms with E-state index in [1.807, 2.05) is 35.0 Å². The van der Waals surface area contributed by atoms with Crippen LogP contribution in [0.4, 0.5) is 5.95 Å². The van der Waals surface area contributed by atoms with E-state index in [0.717, 1.165) is 29.1 Å². The zero-order valence-electron chi connectivity index (χ0n) is 17.0. The second-order valence-electron chi connectivity index (χ2n) is 7.31. The number of morpholine rings is 1. The minimum Gasteiger partial charge on any atom is -0.445 e. The topological polar surface area (TPSA) is 64.5 Å². The first-order chi connectivity index (χ1) is 15.7. The molecular formula is C23H19ClN3O3S2. The lowest BCUT2D eigenvalue weighted by Gasteiger charge is -2.35. The number of nitrogens with zero attached hydrogens (tertiary/aromatic N) is 3. The van der Waals surface area contributed by atoms with Gasteiger partial charge in [-0.15, -0.1) is 0 Å². The van der Waals surface area contributed by atoms with Crippen molar-refractivity contribution in [3.63, 3.8) is 0 Å². The molecule has 1 fully saturated rings. The zero-order valence-corrected chi connectivity index (χ0v) is 19.4. The molecule has 2 aliphatic rings. The Morgan fingerprint density at radius 3 is 2.59 bits per heavy atom. The molecule has 6 nitrogen and oxygen atoms in total. The minimum atomic E-state index is -1.01. The quantitative estimate of drug-likeness (QED) is 0.486. The van der Waals surface area contributed by atoms with E-state index >= 15 is 0 Å². The maximum absolute atomic E-state index is 13.1. The van der Waals surface area contributed by atoms with Gasteiger partial charge in [-0.1, -0.05) is 35.5 Å². The molecule has 1 aromatic carbocycles. The first kappa shape index (κ1) is 21.5. The summed E-state index contributed by atoms with van der Waals surface area (Å²) in [5.41, 5.74) is 0.592. The second kappa shape index (κ2) is 9.23. The zero-order chi connectivity index (χ0) is 22.0. The van der Waals surface area contributed by atoms with Gasteiger partial charge in [-0.3, -0.25) is 0 Å². The van der Waals surface area contributed by atoms with Crippen molar-refractivity contribution < 1.29 is 14.3 Å². The van der Waals surface area contributed by atoms with Crippen LogP contribution < -0.4 is 4.90 Å². The highest BCUT2D eigenvalue weighted by Crippen LogP contribution is 2.44. The minimum absolute atomic E-state index is 0.364. The third-order valence-corrected chi connectivity index (χ3v) is 7.60. The Balaban J connectivity index is 1.45. The third-order valence-electron chi connectivity index (χ3n) is 5.38. The highest BCUT2D eigenvalue weighted by Gasteiger charge is 2.43. The number of thiophene rings is 1. The first-order valence-corrected chi connectivity index (χ1v) is 12.2. The molecule has 2 aromatic heterocycles. The van der Waals surface area contributed by atoms with Gasteiger partial charge in [0, 0.05) is 47.9 Å². The van der Waals surface area contributed by atoms with Crippen molar-refractivity contribution in [2.45, 2.75) is 16.9 Å². The van der Waals surface area contributed by atoms with Crippen LogP contribution in [-0.4, -0.2) is 42.2 Å². The Bertz CT molecular complexity index is 1130. The molecule has 0 bridgehead atoms. The van der Waals surface area contributed by atoms with Gasteiger partial charge in [0.05, 0.1) is 18.2 Å². The van der Waals surface area contributed by atoms with Crippen molar-refractivity contribution in [2.75, 3.05) is 31.2 Å². The smallest absolute Gasteiger partial charge is 0.346 e. The fourth-order valence-corrected chi connectivity index (χ4v) is 5.44. The molecule has 0 spiro atoms. The fourth-order valence-electron chi connectivity index (χ4n) is 3.67. The van der Waals surface area contributed by atoms with E-state index in [-0.39, 0.29) is 0 Å². The number of hydrogen-bond acceptors (Lipinski definition) is 8. The van der Waals surface area contributed by atoms with E-state index in [1.54, 1.807) is 29.8 Å². The summed E-state index contributed by atoms with van der Waals surface area (Å²) in [7, 11) is 0. The summed E-state index contributed by atoms with van der Waals surface area (Å²) in [6.45, 7) is 2.83. The molecule has 1 saturated heterocycles. The van der Waals surface area contributed by atoms with Crippen LogP contribution in [0.3, 0.4) is 0 Å². The molecule has 3 aromatic rings. The molecule has 1 atom stereocenters. The molecule has 9 heteroatoms. The van der Waals surface area contributed by atoms with E-state index in [1.165, 1.54) is 11.8 Å². The maximum Gasteiger partial charge on any atom is 0.346 e. The average molecular weight is 485 g/mol. The number of aromatic nitrogens is 2. The number of thioether (sulfide) groups is 1. The van der Waals surface area contributed by atoms with Crippen LogP contribution in [0.25, 0.3) is 0 Å². The molecule has 2 aliphatic heterocycles. The van der Waals surface area contributed by atoms with Gasteiger partial charge >= 0.3 is 5.97 Å². The van der Waals surface area contributed by atoms with Gasteiger partial charge < -0.3 is 14.4 Å². The van der Waals surface area contributed by atoms with Gasteiger partial charge in [0.2, 0.25) is 5.95 Å². The van der Waals surface area contributed by atoms with Crippen molar-refractivity contribution in [3.05, 3.63) is 80.6 Å². The Kier molecular flexibility index (Phi) is 6.19. The Hall–Kier alpha value is -2.39. The van der Waals surface area contributed by atoms with Gasteiger partial charge in [0.15, 0.2) is 5.60 Å². The maximum atomic E-state index is 13.1. The van der Waals surface area contributed by atoms with E-state index in [4.69, 9.17) is 21.1 Å². The van der Waals surface area contributed by atoms with Gasteiger partial charge in [0.25, 0.3) is 0 Å². The second-order valence-corrected chi connectivity index (χ2v) is 9.55. The normalized spacial score (nSPS) is 21.2. The summed E-state index contributed by atoms with van der Waals surface area (Å²) in [5, 5.41) is 4.53. The molecule has 4 heterocycles. The highest BCUT2D eigenvalue weighted by atomic mass is 35.5. The van der Waals surface area contributed by atoms with E-state index in [0.29, 0.717) is 35.5 Å². The molecule has 5 rings (SSSR count). The van der Waals surface area contributed by atoms with Crippen molar-refractivity contribution in [3.8, 4) is 0 Å². The third kappa shape index (κ3) is 4.15. The first-order valence-electron chi connectivity index (χ1n) is 10.1. The summed E-state index contributed by atoms with van der Waals surface area (Å²) in [4.78, 5) is 25.5. The molecule has 1 unspecified atom stereocenters. The molecule has 1 radical (unpaired) electrons. The van der Waals surface area contributed by atoms with Gasteiger partial charge in [0.1, 0.15) is 4.91 Å². The van der Waals surface area contributed by atoms with Crippen molar-refractivity contribution in [2.24, 2.45) is 0 Å². The lowest BCUT2D eigenvalue weighted by molar-refractivity contribution is -0.152. The number of carbonyl (C=O) groups is 1. The Morgan fingerprint density at radius 1 is 1.12 bits per heavy atom. The van der Waals surface area contributed by atoms with Crippen LogP contribution in [0.2, 0.25) is 5.02 Å². The molecule has 0 N–H and O–H groups in total. The summed E-state index contributed by atoms with van der Waals surface area (Å²) in [6, 6.07) is 9.36. The van der Waals surface area contributed by atoms with E-state index in [9.17, 15) is 4.79 Å². The predicted molar refractivity (Wildman–Crippen MR) is 125 cm³/mol. The van der Waals surface area contributed by atoms with E-state index in [2.05, 4.69) is 20.9 Å². The van der Waals surface area contributed by atoms with Crippen LogP contribution in [0.15, 0.2) is 63.3 Å². The predicted octanol–water partition coefficient (Wildman–Crippen LogP) is 4.70. The van der Waals surface area contributed by atoms with E-state index < -0.39 is 11.6 Å². The van der Waals surface area contributed by atoms with Crippen LogP contribution >= 0.6 is 34.7 Å². The van der Waals surface area contributed by atoms with Gasteiger partial charge in [-0.2, -0.15) is 11.3 Å². The molecule has 0 amide bonds. The number of ether oxygens (including phenoxy) is 2. The summed E-state index contributed by atoms with van der Waals surface area (Å²) < 4.78 is 11.5. The lowest BCUT2D eigenvalue weighted by Crippen LogP contribution is -2.38.